The van der Waals surface area contributed by atoms with Gasteiger partial charge in [0.15, 0.2) is 0 Å². The Morgan fingerprint density at radius 1 is 1.67 bits per heavy atom. The molecule has 1 aliphatic carbocycles. The van der Waals surface area contributed by atoms with Gasteiger partial charge in [0.25, 0.3) is 0 Å². The minimum absolute atomic E-state index is 0.200. The fourth-order valence-corrected chi connectivity index (χ4v) is 1.41. The van der Waals surface area contributed by atoms with Crippen molar-refractivity contribution in [1.29, 1.82) is 0 Å². The molecule has 0 bridgehead atoms. The molecule has 1 aliphatic rings. The van der Waals surface area contributed by atoms with Gasteiger partial charge in [0.1, 0.15) is 0 Å². The van der Waals surface area contributed by atoms with Crippen molar-refractivity contribution in [1.82, 2.24) is 0 Å². The Kier molecular flexibility index (Phi) is 2.69. The summed E-state index contributed by atoms with van der Waals surface area (Å²) in [5.41, 5.74) is 2.58. The first-order valence-corrected chi connectivity index (χ1v) is 4.16. The van der Waals surface area contributed by atoms with Crippen molar-refractivity contribution in [2.45, 2.75) is 26.7 Å². The number of hydrogen-bond acceptors (Lipinski definition) is 1. The van der Waals surface area contributed by atoms with Crippen LogP contribution in [-0.2, 0) is 4.79 Å². The quantitative estimate of drug-likeness (QED) is 0.683. The summed E-state index contributed by atoms with van der Waals surface area (Å²) in [6.45, 7) is 4.12. The van der Waals surface area contributed by atoms with Gasteiger partial charge in [-0.25, -0.2) is 0 Å². The molecule has 1 unspecified atom stereocenters. The molecule has 0 saturated heterocycles. The van der Waals surface area contributed by atoms with Crippen LogP contribution in [-0.4, -0.2) is 11.1 Å². The molecule has 1 rings (SSSR count). The van der Waals surface area contributed by atoms with Crippen LogP contribution < -0.4 is 0 Å². The molecule has 0 amide bonds. The van der Waals surface area contributed by atoms with Gasteiger partial charge in [0.05, 0.1) is 6.42 Å². The van der Waals surface area contributed by atoms with Crippen molar-refractivity contribution in [2.24, 2.45) is 5.92 Å². The standard InChI is InChI=1S/C10H14O2/c1-7-3-4-9(5-8(7)2)6-10(11)12/h3-4,9H,5-6H2,1-2H3,(H,11,12). The van der Waals surface area contributed by atoms with Crippen LogP contribution in [0.25, 0.3) is 0 Å². The molecule has 1 atom stereocenters. The second kappa shape index (κ2) is 3.57. The summed E-state index contributed by atoms with van der Waals surface area (Å²) in [5.74, 6) is -0.511. The molecule has 66 valence electrons. The highest BCUT2D eigenvalue weighted by molar-refractivity contribution is 5.67. The van der Waals surface area contributed by atoms with Crippen LogP contribution in [0.1, 0.15) is 26.7 Å². The van der Waals surface area contributed by atoms with Crippen LogP contribution in [0.15, 0.2) is 23.3 Å². The first kappa shape index (κ1) is 9.04. The lowest BCUT2D eigenvalue weighted by Gasteiger charge is -2.16. The Hall–Kier alpha value is -1.05. The minimum Gasteiger partial charge on any atom is -0.481 e. The van der Waals surface area contributed by atoms with Crippen molar-refractivity contribution < 1.29 is 9.90 Å². The largest absolute Gasteiger partial charge is 0.481 e. The van der Waals surface area contributed by atoms with E-state index < -0.39 is 5.97 Å². The lowest BCUT2D eigenvalue weighted by atomic mass is 9.89. The molecular weight excluding hydrogens is 152 g/mol. The maximum absolute atomic E-state index is 10.4. The zero-order chi connectivity index (χ0) is 9.14. The predicted molar refractivity (Wildman–Crippen MR) is 47.9 cm³/mol. The number of carbonyl (C=O) groups is 1. The van der Waals surface area contributed by atoms with Crippen molar-refractivity contribution in [3.05, 3.63) is 23.3 Å². The molecule has 0 spiro atoms. The summed E-state index contributed by atoms with van der Waals surface area (Å²) < 4.78 is 0. The monoisotopic (exact) mass is 166 g/mol. The number of aliphatic carboxylic acids is 1. The third-order valence-corrected chi connectivity index (χ3v) is 2.30. The smallest absolute Gasteiger partial charge is 0.303 e. The van der Waals surface area contributed by atoms with Gasteiger partial charge in [0, 0.05) is 0 Å². The predicted octanol–water partition coefficient (Wildman–Crippen LogP) is 2.37. The van der Waals surface area contributed by atoms with E-state index in [0.717, 1.165) is 6.42 Å². The number of hydrogen-bond donors (Lipinski definition) is 1. The van der Waals surface area contributed by atoms with Crippen LogP contribution in [0.4, 0.5) is 0 Å². The van der Waals surface area contributed by atoms with E-state index in [0.29, 0.717) is 0 Å². The Bertz CT molecular complexity index is 249. The zero-order valence-electron chi connectivity index (χ0n) is 7.50. The summed E-state index contributed by atoms with van der Waals surface area (Å²) in [4.78, 5) is 10.4. The summed E-state index contributed by atoms with van der Waals surface area (Å²) in [6.07, 6.45) is 5.17. The number of rotatable bonds is 2. The maximum atomic E-state index is 10.4. The van der Waals surface area contributed by atoms with E-state index in [-0.39, 0.29) is 12.3 Å². The van der Waals surface area contributed by atoms with E-state index in [1.165, 1.54) is 11.1 Å². The van der Waals surface area contributed by atoms with Crippen molar-refractivity contribution in [3.8, 4) is 0 Å². The average molecular weight is 166 g/mol. The summed E-state index contributed by atoms with van der Waals surface area (Å²) >= 11 is 0. The van der Waals surface area contributed by atoms with Crippen LogP contribution >= 0.6 is 0 Å². The molecular formula is C10H14O2. The summed E-state index contributed by atoms with van der Waals surface area (Å²) in [6, 6.07) is 0. The molecule has 0 aromatic carbocycles. The molecule has 2 heteroatoms. The first-order chi connectivity index (χ1) is 5.59. The molecule has 0 heterocycles. The molecule has 0 fully saturated rings. The summed E-state index contributed by atoms with van der Waals surface area (Å²) in [7, 11) is 0. The SMILES string of the molecule is CC1=C(C)CC(CC(=O)O)C=C1. The lowest BCUT2D eigenvalue weighted by molar-refractivity contribution is -0.137. The fraction of sp³-hybridized carbons (Fsp3) is 0.500. The van der Waals surface area contributed by atoms with Gasteiger partial charge in [-0.15, -0.1) is 0 Å². The molecule has 1 N–H and O–H groups in total. The first-order valence-electron chi connectivity index (χ1n) is 4.16. The van der Waals surface area contributed by atoms with Gasteiger partial charge < -0.3 is 5.11 Å². The normalized spacial score (nSPS) is 23.0. The van der Waals surface area contributed by atoms with Crippen LogP contribution in [0.3, 0.4) is 0 Å². The van der Waals surface area contributed by atoms with Gasteiger partial charge in [-0.2, -0.15) is 0 Å². The van der Waals surface area contributed by atoms with E-state index >= 15 is 0 Å². The molecule has 0 aromatic heterocycles. The number of carboxylic acid groups (broad SMARTS) is 1. The Labute approximate surface area is 72.6 Å². The van der Waals surface area contributed by atoms with Crippen molar-refractivity contribution in [2.75, 3.05) is 0 Å². The van der Waals surface area contributed by atoms with Crippen molar-refractivity contribution >= 4 is 5.97 Å². The highest BCUT2D eigenvalue weighted by Crippen LogP contribution is 2.24. The number of allylic oxidation sites excluding steroid dienone is 4. The lowest BCUT2D eigenvalue weighted by Crippen LogP contribution is -2.08. The average Bonchev–Trinajstić information content (AvgIpc) is 1.96. The van der Waals surface area contributed by atoms with Gasteiger partial charge >= 0.3 is 5.97 Å². The van der Waals surface area contributed by atoms with Crippen molar-refractivity contribution in [3.63, 3.8) is 0 Å². The molecule has 0 saturated carbocycles. The van der Waals surface area contributed by atoms with E-state index in [1.54, 1.807) is 0 Å². The molecule has 12 heavy (non-hydrogen) atoms. The van der Waals surface area contributed by atoms with E-state index in [9.17, 15) is 4.79 Å². The molecule has 2 nitrogen and oxygen atoms in total. The van der Waals surface area contributed by atoms with E-state index in [4.69, 9.17) is 5.11 Å². The Morgan fingerprint density at radius 2 is 2.33 bits per heavy atom. The molecule has 0 radical (unpaired) electrons. The third-order valence-electron chi connectivity index (χ3n) is 2.30. The van der Waals surface area contributed by atoms with Gasteiger partial charge in [-0.1, -0.05) is 23.3 Å². The Balaban J connectivity index is 2.57. The minimum atomic E-state index is -0.711. The third kappa shape index (κ3) is 2.22. The van der Waals surface area contributed by atoms with Crippen LogP contribution in [0.5, 0.6) is 0 Å². The van der Waals surface area contributed by atoms with E-state index in [1.807, 2.05) is 12.2 Å². The highest BCUT2D eigenvalue weighted by atomic mass is 16.4. The molecule has 0 aromatic rings. The van der Waals surface area contributed by atoms with Crippen LogP contribution in [0.2, 0.25) is 0 Å². The van der Waals surface area contributed by atoms with Gasteiger partial charge in [-0.05, 0) is 26.2 Å². The second-order valence-corrected chi connectivity index (χ2v) is 3.38. The Morgan fingerprint density at radius 3 is 2.83 bits per heavy atom. The number of carboxylic acids is 1. The molecule has 0 aliphatic heterocycles. The van der Waals surface area contributed by atoms with Crippen LogP contribution in [0, 0.1) is 5.92 Å². The van der Waals surface area contributed by atoms with E-state index in [2.05, 4.69) is 13.8 Å². The van der Waals surface area contributed by atoms with Gasteiger partial charge in [-0.3, -0.25) is 4.79 Å². The highest BCUT2D eigenvalue weighted by Gasteiger charge is 2.14. The summed E-state index contributed by atoms with van der Waals surface area (Å²) in [5, 5.41) is 8.57. The topological polar surface area (TPSA) is 37.3 Å². The zero-order valence-corrected chi connectivity index (χ0v) is 7.50. The fourth-order valence-electron chi connectivity index (χ4n) is 1.41. The maximum Gasteiger partial charge on any atom is 0.303 e. The van der Waals surface area contributed by atoms with Gasteiger partial charge in [0.2, 0.25) is 0 Å². The second-order valence-electron chi connectivity index (χ2n) is 3.38.